The van der Waals surface area contributed by atoms with Gasteiger partial charge < -0.3 is 15.3 Å². The van der Waals surface area contributed by atoms with Gasteiger partial charge >= 0.3 is 0 Å². The summed E-state index contributed by atoms with van der Waals surface area (Å²) < 4.78 is 0. The molecule has 27 heavy (non-hydrogen) atoms. The minimum absolute atomic E-state index is 0.00620. The second kappa shape index (κ2) is 5.85. The van der Waals surface area contributed by atoms with Crippen molar-refractivity contribution < 1.29 is 24.9 Å². The van der Waals surface area contributed by atoms with Crippen molar-refractivity contribution in [3.63, 3.8) is 0 Å². The molecule has 8 atom stereocenters. The van der Waals surface area contributed by atoms with E-state index in [0.717, 1.165) is 18.4 Å². The molecular formula is C22H30O5. The number of aliphatic hydroxyl groups is 3. The summed E-state index contributed by atoms with van der Waals surface area (Å²) in [6, 6.07) is 0. The van der Waals surface area contributed by atoms with Crippen molar-refractivity contribution in [2.75, 3.05) is 6.61 Å². The third kappa shape index (κ3) is 2.28. The summed E-state index contributed by atoms with van der Waals surface area (Å²) in [5.41, 5.74) is -1.59. The lowest BCUT2D eigenvalue weighted by Crippen LogP contribution is -2.62. The largest absolute Gasteiger partial charge is 0.393 e. The first-order valence-corrected chi connectivity index (χ1v) is 10.1. The molecule has 5 nitrogen and oxygen atoms in total. The fourth-order valence-corrected chi connectivity index (χ4v) is 7.34. The van der Waals surface area contributed by atoms with Crippen molar-refractivity contribution in [3.05, 3.63) is 23.8 Å². The maximum Gasteiger partial charge on any atom is 0.190 e. The van der Waals surface area contributed by atoms with Crippen molar-refractivity contribution in [1.82, 2.24) is 0 Å². The molecule has 3 fully saturated rings. The Morgan fingerprint density at radius 2 is 2.04 bits per heavy atom. The van der Waals surface area contributed by atoms with Gasteiger partial charge in [0.05, 0.1) is 6.10 Å². The number of carbonyl (C=O) groups is 2. The van der Waals surface area contributed by atoms with Crippen molar-refractivity contribution in [3.8, 4) is 0 Å². The van der Waals surface area contributed by atoms with Crippen LogP contribution in [0.5, 0.6) is 0 Å². The molecule has 3 N–H and O–H groups in total. The van der Waals surface area contributed by atoms with E-state index in [2.05, 4.69) is 13.8 Å². The molecule has 0 unspecified atom stereocenters. The number of aliphatic hydroxyl groups excluding tert-OH is 2. The molecule has 4 aliphatic carbocycles. The van der Waals surface area contributed by atoms with Gasteiger partial charge in [0, 0.05) is 16.7 Å². The highest BCUT2D eigenvalue weighted by Gasteiger charge is 2.68. The smallest absolute Gasteiger partial charge is 0.190 e. The van der Waals surface area contributed by atoms with Crippen LogP contribution < -0.4 is 0 Å². The van der Waals surface area contributed by atoms with Crippen LogP contribution in [0.25, 0.3) is 0 Å². The first kappa shape index (κ1) is 19.0. The Balaban J connectivity index is 1.78. The van der Waals surface area contributed by atoms with Gasteiger partial charge in [0.25, 0.3) is 0 Å². The average Bonchev–Trinajstić information content (AvgIpc) is 2.87. The highest BCUT2D eigenvalue weighted by molar-refractivity contribution is 6.01. The molecule has 148 valence electrons. The number of Topliss-reactive ketones (excluding diaryl/α,β-unsaturated/α-hetero) is 1. The van der Waals surface area contributed by atoms with E-state index in [9.17, 15) is 24.9 Å². The monoisotopic (exact) mass is 374 g/mol. The molecule has 0 aromatic heterocycles. The molecule has 0 radical (unpaired) electrons. The van der Waals surface area contributed by atoms with Gasteiger partial charge in [0.15, 0.2) is 11.6 Å². The van der Waals surface area contributed by atoms with Crippen LogP contribution in [0.3, 0.4) is 0 Å². The predicted octanol–water partition coefficient (Wildman–Crippen LogP) is 1.80. The van der Waals surface area contributed by atoms with Crippen molar-refractivity contribution >= 4 is 11.6 Å². The zero-order valence-electron chi connectivity index (χ0n) is 16.3. The van der Waals surface area contributed by atoms with Crippen LogP contribution >= 0.6 is 0 Å². The van der Waals surface area contributed by atoms with Crippen molar-refractivity contribution in [2.24, 2.45) is 34.5 Å². The zero-order valence-corrected chi connectivity index (χ0v) is 16.3. The van der Waals surface area contributed by atoms with Crippen LogP contribution in [-0.2, 0) is 9.59 Å². The summed E-state index contributed by atoms with van der Waals surface area (Å²) in [5, 5.41) is 31.9. The number of fused-ring (bicyclic) bond motifs is 5. The van der Waals surface area contributed by atoms with Gasteiger partial charge in [0.1, 0.15) is 12.2 Å². The summed E-state index contributed by atoms with van der Waals surface area (Å²) >= 11 is 0. The van der Waals surface area contributed by atoms with Gasteiger partial charge in [-0.2, -0.15) is 0 Å². The molecular weight excluding hydrogens is 344 g/mol. The van der Waals surface area contributed by atoms with Gasteiger partial charge in [-0.15, -0.1) is 0 Å². The second-order valence-electron chi connectivity index (χ2n) is 9.72. The predicted molar refractivity (Wildman–Crippen MR) is 99.6 cm³/mol. The third-order valence-corrected chi connectivity index (χ3v) is 8.57. The molecule has 0 amide bonds. The molecule has 0 aliphatic heterocycles. The second-order valence-corrected chi connectivity index (χ2v) is 9.72. The third-order valence-electron chi connectivity index (χ3n) is 8.57. The lowest BCUT2D eigenvalue weighted by molar-refractivity contribution is -0.180. The number of hydrogen-bond donors (Lipinski definition) is 3. The first-order valence-electron chi connectivity index (χ1n) is 10.1. The summed E-state index contributed by atoms with van der Waals surface area (Å²) in [6.45, 7) is 5.48. The molecule has 0 aromatic carbocycles. The van der Waals surface area contributed by atoms with Crippen LogP contribution in [0.2, 0.25) is 0 Å². The fraction of sp³-hybridized carbons (Fsp3) is 0.727. The molecule has 5 heteroatoms. The highest BCUT2D eigenvalue weighted by Crippen LogP contribution is 2.67. The molecule has 3 saturated carbocycles. The number of hydrogen-bond acceptors (Lipinski definition) is 5. The average molecular weight is 374 g/mol. The Morgan fingerprint density at radius 1 is 1.33 bits per heavy atom. The van der Waals surface area contributed by atoms with E-state index >= 15 is 0 Å². The Morgan fingerprint density at radius 3 is 2.70 bits per heavy atom. The molecule has 0 bridgehead atoms. The maximum absolute atomic E-state index is 12.4. The van der Waals surface area contributed by atoms with E-state index in [4.69, 9.17) is 0 Å². The van der Waals surface area contributed by atoms with E-state index in [-0.39, 0.29) is 34.9 Å². The topological polar surface area (TPSA) is 94.8 Å². The first-order chi connectivity index (χ1) is 12.6. The van der Waals surface area contributed by atoms with Crippen LogP contribution in [0.4, 0.5) is 0 Å². The molecule has 0 aromatic rings. The highest BCUT2D eigenvalue weighted by atomic mass is 16.3. The molecule has 4 aliphatic rings. The Bertz CT molecular complexity index is 754. The fourth-order valence-electron chi connectivity index (χ4n) is 7.34. The Hall–Kier alpha value is -1.30. The summed E-state index contributed by atoms with van der Waals surface area (Å²) in [4.78, 5) is 24.4. The lowest BCUT2D eigenvalue weighted by atomic mass is 9.45. The quantitative estimate of drug-likeness (QED) is 0.685. The molecule has 0 saturated heterocycles. The normalized spacial score (nSPS) is 51.3. The number of rotatable bonds is 2. The minimum Gasteiger partial charge on any atom is -0.393 e. The van der Waals surface area contributed by atoms with Gasteiger partial charge in [-0.25, -0.2) is 0 Å². The zero-order chi connectivity index (χ0) is 19.8. The van der Waals surface area contributed by atoms with Crippen LogP contribution in [-0.4, -0.2) is 45.2 Å². The van der Waals surface area contributed by atoms with E-state index in [1.807, 2.05) is 13.0 Å². The summed E-state index contributed by atoms with van der Waals surface area (Å²) in [7, 11) is 0. The molecule has 4 rings (SSSR count). The standard InChI is InChI=1S/C22H30O5/c1-12-8-14-15-5-7-22(27,18(26)11-23)21(15,3)10-17(25)19(14)20(2)6-4-13(24)9-16(12)20/h4,6,9,12,14-15,17,19,23,25,27H,5,7-8,10-11H2,1-3H3/t12-,14+,15+,17-,19+,20-,21-,22-/m0/s1. The van der Waals surface area contributed by atoms with Crippen LogP contribution in [0, 0.1) is 34.5 Å². The van der Waals surface area contributed by atoms with Gasteiger partial charge in [-0.1, -0.05) is 32.4 Å². The van der Waals surface area contributed by atoms with E-state index in [1.54, 1.807) is 12.2 Å². The van der Waals surface area contributed by atoms with Crippen LogP contribution in [0.1, 0.15) is 46.5 Å². The van der Waals surface area contributed by atoms with E-state index in [0.29, 0.717) is 12.8 Å². The van der Waals surface area contributed by atoms with E-state index < -0.39 is 29.5 Å². The van der Waals surface area contributed by atoms with Crippen LogP contribution in [0.15, 0.2) is 23.8 Å². The lowest BCUT2D eigenvalue weighted by Gasteiger charge is -2.60. The van der Waals surface area contributed by atoms with Gasteiger partial charge in [-0.3, -0.25) is 9.59 Å². The number of carbonyl (C=O) groups excluding carboxylic acids is 2. The minimum atomic E-state index is -1.57. The van der Waals surface area contributed by atoms with Gasteiger partial charge in [0.2, 0.25) is 0 Å². The van der Waals surface area contributed by atoms with E-state index in [1.165, 1.54) is 0 Å². The summed E-state index contributed by atoms with van der Waals surface area (Å²) in [5.74, 6) is -0.0768. The number of ketones is 2. The summed E-state index contributed by atoms with van der Waals surface area (Å²) in [6.07, 6.45) is 6.87. The van der Waals surface area contributed by atoms with Gasteiger partial charge in [-0.05, 0) is 55.6 Å². The Kier molecular flexibility index (Phi) is 4.12. The maximum atomic E-state index is 12.4. The number of allylic oxidation sites excluding steroid dienone is 4. The van der Waals surface area contributed by atoms with Crippen molar-refractivity contribution in [1.29, 1.82) is 0 Å². The Labute approximate surface area is 160 Å². The molecule has 0 spiro atoms. The molecule has 0 heterocycles. The van der Waals surface area contributed by atoms with Crippen molar-refractivity contribution in [2.45, 2.75) is 58.2 Å². The SMILES string of the molecule is C[C@H]1C[C@H]2[C@H]([C@@H](O)C[C@@]3(C)[C@@H]2CC[C@]3(O)C(=O)CO)[C@@]2(C)C=CC(=O)C=C12.